The number of rotatable bonds is 3. The van der Waals surface area contributed by atoms with E-state index in [2.05, 4.69) is 30.9 Å². The van der Waals surface area contributed by atoms with E-state index < -0.39 is 0 Å². The van der Waals surface area contributed by atoms with Gasteiger partial charge in [-0.3, -0.25) is 0 Å². The Bertz CT molecular complexity index is 411. The summed E-state index contributed by atoms with van der Waals surface area (Å²) in [5.41, 5.74) is 1.20. The van der Waals surface area contributed by atoms with Crippen LogP contribution in [-0.4, -0.2) is 17.0 Å². The van der Waals surface area contributed by atoms with Crippen LogP contribution in [0.15, 0.2) is 18.2 Å². The molecule has 1 fully saturated rings. The number of halogens is 2. The molecular weight excluding hydrogens is 285 g/mol. The Kier molecular flexibility index (Phi) is 5.25. The maximum absolute atomic E-state index is 6.07. The lowest BCUT2D eigenvalue weighted by atomic mass is 10.0. The van der Waals surface area contributed by atoms with Gasteiger partial charge in [0, 0.05) is 17.3 Å². The molecule has 3 atom stereocenters. The normalized spacial score (nSPS) is 26.0. The molecule has 1 aliphatic rings. The summed E-state index contributed by atoms with van der Waals surface area (Å²) in [4.78, 5) is 0. The van der Waals surface area contributed by atoms with Crippen LogP contribution in [-0.2, 0) is 0 Å². The fraction of sp³-hybridized carbons (Fsp3) is 0.571. The van der Waals surface area contributed by atoms with Crippen molar-refractivity contribution in [3.63, 3.8) is 0 Å². The molecular formula is C14H19Cl2NS. The van der Waals surface area contributed by atoms with E-state index in [4.69, 9.17) is 23.2 Å². The van der Waals surface area contributed by atoms with Gasteiger partial charge in [0.2, 0.25) is 0 Å². The van der Waals surface area contributed by atoms with Crippen molar-refractivity contribution in [1.29, 1.82) is 0 Å². The standard InChI is InChI=1S/C14H19Cl2NS/c1-9(11-5-6-12(15)13(16)8-11)17-14-4-3-7-18-10(14)2/h5-6,8-10,14,17H,3-4,7H2,1-2H3. The van der Waals surface area contributed by atoms with Crippen molar-refractivity contribution in [2.75, 3.05) is 5.75 Å². The SMILES string of the molecule is CC(NC1CCCSC1C)c1ccc(Cl)c(Cl)c1. The van der Waals surface area contributed by atoms with Crippen LogP contribution < -0.4 is 5.32 Å². The van der Waals surface area contributed by atoms with E-state index in [1.54, 1.807) is 0 Å². The first-order chi connectivity index (χ1) is 8.58. The summed E-state index contributed by atoms with van der Waals surface area (Å²) in [5.74, 6) is 1.29. The molecule has 0 radical (unpaired) electrons. The van der Waals surface area contributed by atoms with Crippen LogP contribution in [0.1, 0.15) is 38.3 Å². The summed E-state index contributed by atoms with van der Waals surface area (Å²) in [6.07, 6.45) is 2.57. The topological polar surface area (TPSA) is 12.0 Å². The van der Waals surface area contributed by atoms with E-state index in [-0.39, 0.29) is 0 Å². The summed E-state index contributed by atoms with van der Waals surface area (Å²) >= 11 is 14.1. The maximum atomic E-state index is 6.07. The zero-order chi connectivity index (χ0) is 13.1. The molecule has 1 nitrogen and oxygen atoms in total. The third kappa shape index (κ3) is 3.57. The highest BCUT2D eigenvalue weighted by Crippen LogP contribution is 2.29. The van der Waals surface area contributed by atoms with Crippen LogP contribution in [0, 0.1) is 0 Å². The Morgan fingerprint density at radius 3 is 2.78 bits per heavy atom. The van der Waals surface area contributed by atoms with Gasteiger partial charge < -0.3 is 5.32 Å². The number of nitrogens with one attached hydrogen (secondary N) is 1. The summed E-state index contributed by atoms with van der Waals surface area (Å²) in [7, 11) is 0. The third-order valence-electron chi connectivity index (χ3n) is 3.51. The van der Waals surface area contributed by atoms with Crippen LogP contribution in [0.25, 0.3) is 0 Å². The molecule has 3 unspecified atom stereocenters. The number of thioether (sulfide) groups is 1. The summed E-state index contributed by atoms with van der Waals surface area (Å²) in [6.45, 7) is 4.49. The van der Waals surface area contributed by atoms with Crippen molar-refractivity contribution in [3.05, 3.63) is 33.8 Å². The number of benzene rings is 1. The van der Waals surface area contributed by atoms with Crippen LogP contribution in [0.2, 0.25) is 10.0 Å². The van der Waals surface area contributed by atoms with Gasteiger partial charge in [0.05, 0.1) is 10.0 Å². The predicted octanol–water partition coefficient (Wildman–Crippen LogP) is 4.93. The lowest BCUT2D eigenvalue weighted by Gasteiger charge is -2.32. The smallest absolute Gasteiger partial charge is 0.0595 e. The van der Waals surface area contributed by atoms with Crippen molar-refractivity contribution in [3.8, 4) is 0 Å². The van der Waals surface area contributed by atoms with Gasteiger partial charge in [-0.15, -0.1) is 0 Å². The molecule has 0 amide bonds. The van der Waals surface area contributed by atoms with Crippen molar-refractivity contribution in [2.24, 2.45) is 0 Å². The molecule has 1 aliphatic heterocycles. The monoisotopic (exact) mass is 303 g/mol. The lowest BCUT2D eigenvalue weighted by molar-refractivity contribution is 0.417. The number of hydrogen-bond donors (Lipinski definition) is 1. The quantitative estimate of drug-likeness (QED) is 0.850. The molecule has 100 valence electrons. The Morgan fingerprint density at radius 2 is 2.11 bits per heavy atom. The minimum atomic E-state index is 0.311. The van der Waals surface area contributed by atoms with Crippen molar-refractivity contribution < 1.29 is 0 Å². The molecule has 1 N–H and O–H groups in total. The van der Waals surface area contributed by atoms with Gasteiger partial charge in [-0.25, -0.2) is 0 Å². The zero-order valence-corrected chi connectivity index (χ0v) is 13.1. The molecule has 0 aliphatic carbocycles. The van der Waals surface area contributed by atoms with E-state index in [0.717, 1.165) is 0 Å². The molecule has 0 saturated carbocycles. The van der Waals surface area contributed by atoms with Crippen LogP contribution in [0.4, 0.5) is 0 Å². The molecule has 4 heteroatoms. The summed E-state index contributed by atoms with van der Waals surface area (Å²) in [6, 6.07) is 6.78. The van der Waals surface area contributed by atoms with Gasteiger partial charge in [0.1, 0.15) is 0 Å². The fourth-order valence-corrected chi connectivity index (χ4v) is 3.80. The Hall–Kier alpha value is 0.110. The van der Waals surface area contributed by atoms with Gasteiger partial charge in [0.15, 0.2) is 0 Å². The summed E-state index contributed by atoms with van der Waals surface area (Å²) in [5, 5.41) is 5.65. The highest BCUT2D eigenvalue weighted by atomic mass is 35.5. The van der Waals surface area contributed by atoms with Gasteiger partial charge in [0.25, 0.3) is 0 Å². The molecule has 2 rings (SSSR count). The second-order valence-electron chi connectivity index (χ2n) is 4.89. The predicted molar refractivity (Wildman–Crippen MR) is 83.0 cm³/mol. The second-order valence-corrected chi connectivity index (χ2v) is 7.19. The molecule has 18 heavy (non-hydrogen) atoms. The molecule has 1 saturated heterocycles. The molecule has 1 aromatic carbocycles. The minimum absolute atomic E-state index is 0.311. The molecule has 1 aromatic rings. The van der Waals surface area contributed by atoms with E-state index in [9.17, 15) is 0 Å². The van der Waals surface area contributed by atoms with Gasteiger partial charge in [-0.1, -0.05) is 36.2 Å². The molecule has 0 spiro atoms. The zero-order valence-electron chi connectivity index (χ0n) is 10.7. The highest BCUT2D eigenvalue weighted by Gasteiger charge is 2.23. The first-order valence-electron chi connectivity index (χ1n) is 6.40. The van der Waals surface area contributed by atoms with Crippen molar-refractivity contribution in [2.45, 2.75) is 44.0 Å². The lowest BCUT2D eigenvalue weighted by Crippen LogP contribution is -2.40. The summed E-state index contributed by atoms with van der Waals surface area (Å²) < 4.78 is 0. The number of hydrogen-bond acceptors (Lipinski definition) is 2. The van der Waals surface area contributed by atoms with E-state index in [0.29, 0.717) is 27.4 Å². The van der Waals surface area contributed by atoms with E-state index in [1.807, 2.05) is 18.2 Å². The van der Waals surface area contributed by atoms with Crippen LogP contribution in [0.3, 0.4) is 0 Å². The van der Waals surface area contributed by atoms with Crippen molar-refractivity contribution in [1.82, 2.24) is 5.32 Å². The van der Waals surface area contributed by atoms with Crippen molar-refractivity contribution >= 4 is 35.0 Å². The average Bonchev–Trinajstić information content (AvgIpc) is 2.35. The van der Waals surface area contributed by atoms with Crippen LogP contribution >= 0.6 is 35.0 Å². The third-order valence-corrected chi connectivity index (χ3v) is 5.63. The van der Waals surface area contributed by atoms with Gasteiger partial charge in [-0.2, -0.15) is 11.8 Å². The maximum Gasteiger partial charge on any atom is 0.0595 e. The molecule has 1 heterocycles. The van der Waals surface area contributed by atoms with E-state index >= 15 is 0 Å². The van der Waals surface area contributed by atoms with Gasteiger partial charge >= 0.3 is 0 Å². The Balaban J connectivity index is 2.02. The fourth-order valence-electron chi connectivity index (χ4n) is 2.34. The minimum Gasteiger partial charge on any atom is -0.306 e. The first kappa shape index (κ1) is 14.5. The Labute approximate surface area is 124 Å². The Morgan fingerprint density at radius 1 is 1.33 bits per heavy atom. The average molecular weight is 304 g/mol. The largest absolute Gasteiger partial charge is 0.306 e. The van der Waals surface area contributed by atoms with Crippen LogP contribution in [0.5, 0.6) is 0 Å². The van der Waals surface area contributed by atoms with E-state index in [1.165, 1.54) is 24.2 Å². The first-order valence-corrected chi connectivity index (χ1v) is 8.21. The second kappa shape index (κ2) is 6.51. The highest BCUT2D eigenvalue weighted by molar-refractivity contribution is 7.99. The van der Waals surface area contributed by atoms with Gasteiger partial charge in [-0.05, 0) is 43.2 Å². The molecule has 0 aromatic heterocycles. The molecule has 0 bridgehead atoms.